The van der Waals surface area contributed by atoms with Crippen molar-refractivity contribution in [3.63, 3.8) is 0 Å². The Morgan fingerprint density at radius 3 is 2.29 bits per heavy atom. The van der Waals surface area contributed by atoms with Crippen LogP contribution >= 0.6 is 0 Å². The van der Waals surface area contributed by atoms with E-state index < -0.39 is 6.04 Å². The molecule has 7 heteroatoms. The number of carbonyl (C=O) groups excluding carboxylic acids is 2. The van der Waals surface area contributed by atoms with Gasteiger partial charge in [-0.2, -0.15) is 0 Å². The number of carbonyl (C=O) groups is 2. The van der Waals surface area contributed by atoms with Crippen LogP contribution in [0.1, 0.15) is 75.5 Å². The van der Waals surface area contributed by atoms with Gasteiger partial charge < -0.3 is 25.0 Å². The summed E-state index contributed by atoms with van der Waals surface area (Å²) in [5, 5.41) is 6.18. The summed E-state index contributed by atoms with van der Waals surface area (Å²) in [6, 6.07) is 10.9. The fourth-order valence-electron chi connectivity index (χ4n) is 4.59. The van der Waals surface area contributed by atoms with Crippen LogP contribution in [0.5, 0.6) is 11.5 Å². The number of nitrogens with zero attached hydrogens (tertiary/aromatic N) is 1. The minimum atomic E-state index is -0.556. The molecule has 0 bridgehead atoms. The van der Waals surface area contributed by atoms with Crippen molar-refractivity contribution < 1.29 is 19.1 Å². The van der Waals surface area contributed by atoms with E-state index in [2.05, 4.69) is 50.5 Å². The van der Waals surface area contributed by atoms with Gasteiger partial charge in [0.2, 0.25) is 5.91 Å². The summed E-state index contributed by atoms with van der Waals surface area (Å²) >= 11 is 0. The van der Waals surface area contributed by atoms with Crippen molar-refractivity contribution >= 4 is 17.6 Å². The molecule has 1 aliphatic heterocycles. The zero-order valence-electron chi connectivity index (χ0n) is 21.8. The van der Waals surface area contributed by atoms with Crippen LogP contribution in [-0.4, -0.2) is 43.6 Å². The minimum absolute atomic E-state index is 0.112. The third kappa shape index (κ3) is 6.27. The smallest absolute Gasteiger partial charge is 0.322 e. The highest BCUT2D eigenvalue weighted by Crippen LogP contribution is 2.33. The lowest BCUT2D eigenvalue weighted by atomic mass is 9.92. The van der Waals surface area contributed by atoms with E-state index in [9.17, 15) is 9.59 Å². The number of hydrogen-bond acceptors (Lipinski definition) is 4. The number of benzene rings is 2. The Labute approximate surface area is 209 Å². The second-order valence-corrected chi connectivity index (χ2v) is 9.67. The maximum absolute atomic E-state index is 13.9. The molecule has 0 spiro atoms. The Bertz CT molecular complexity index is 1010. The standard InChI is InChI=1S/C28H39N3O4/c1-18(2)21-10-9-11-22(19(3)4)26(21)30-28(33)31(23-12-7-8-15-29-27(23)32)17-20-13-14-24(34-5)25(16-20)35-6/h9-11,13-14,16,18-19,23H,7-8,12,15,17H2,1-6H3,(H,29,32)(H,30,33). The zero-order chi connectivity index (χ0) is 25.5. The first-order chi connectivity index (χ1) is 16.8. The van der Waals surface area contributed by atoms with E-state index in [1.165, 1.54) is 0 Å². The monoisotopic (exact) mass is 481 g/mol. The molecule has 0 aromatic heterocycles. The number of anilines is 1. The summed E-state index contributed by atoms with van der Waals surface area (Å²) in [4.78, 5) is 28.5. The van der Waals surface area contributed by atoms with E-state index in [1.807, 2.05) is 24.3 Å². The van der Waals surface area contributed by atoms with Crippen molar-refractivity contribution in [2.24, 2.45) is 0 Å². The summed E-state index contributed by atoms with van der Waals surface area (Å²) in [6.07, 6.45) is 2.40. The van der Waals surface area contributed by atoms with Gasteiger partial charge in [-0.25, -0.2) is 4.79 Å². The third-order valence-electron chi connectivity index (χ3n) is 6.55. The molecule has 2 aromatic carbocycles. The second kappa shape index (κ2) is 12.0. The minimum Gasteiger partial charge on any atom is -0.493 e. The SMILES string of the molecule is COc1ccc(CN(C(=O)Nc2c(C(C)C)cccc2C(C)C)C2CCCCNC2=O)cc1OC. The van der Waals surface area contributed by atoms with Crippen molar-refractivity contribution in [3.05, 3.63) is 53.1 Å². The van der Waals surface area contributed by atoms with E-state index in [0.29, 0.717) is 24.5 Å². The number of hydrogen-bond donors (Lipinski definition) is 2. The third-order valence-corrected chi connectivity index (χ3v) is 6.55. The highest BCUT2D eigenvalue weighted by molar-refractivity contribution is 5.95. The van der Waals surface area contributed by atoms with Crippen LogP contribution in [0.4, 0.5) is 10.5 Å². The zero-order valence-corrected chi connectivity index (χ0v) is 21.8. The van der Waals surface area contributed by atoms with Gasteiger partial charge in [0.05, 0.1) is 14.2 Å². The van der Waals surface area contributed by atoms with Crippen molar-refractivity contribution in [2.45, 2.75) is 71.4 Å². The summed E-state index contributed by atoms with van der Waals surface area (Å²) in [5.41, 5.74) is 3.87. The van der Waals surface area contributed by atoms with E-state index in [0.717, 1.165) is 35.2 Å². The number of urea groups is 1. The van der Waals surface area contributed by atoms with E-state index >= 15 is 0 Å². The van der Waals surface area contributed by atoms with Crippen molar-refractivity contribution in [3.8, 4) is 11.5 Å². The van der Waals surface area contributed by atoms with Crippen LogP contribution in [0.15, 0.2) is 36.4 Å². The molecule has 1 atom stereocenters. The molecule has 35 heavy (non-hydrogen) atoms. The Balaban J connectivity index is 2.00. The Morgan fingerprint density at radius 2 is 1.69 bits per heavy atom. The summed E-state index contributed by atoms with van der Waals surface area (Å²) in [7, 11) is 3.17. The second-order valence-electron chi connectivity index (χ2n) is 9.67. The molecule has 0 radical (unpaired) electrons. The molecule has 3 rings (SSSR count). The first-order valence-corrected chi connectivity index (χ1v) is 12.5. The normalized spacial score (nSPS) is 16.0. The number of methoxy groups -OCH3 is 2. The molecule has 3 amide bonds. The van der Waals surface area contributed by atoms with Crippen molar-refractivity contribution in [1.82, 2.24) is 10.2 Å². The Morgan fingerprint density at radius 1 is 1.03 bits per heavy atom. The van der Waals surface area contributed by atoms with E-state index in [-0.39, 0.29) is 30.3 Å². The van der Waals surface area contributed by atoms with Gasteiger partial charge in [0, 0.05) is 18.8 Å². The molecule has 0 saturated carbocycles. The number of rotatable bonds is 8. The van der Waals surface area contributed by atoms with Gasteiger partial charge in [-0.3, -0.25) is 4.79 Å². The molecule has 2 aromatic rings. The lowest BCUT2D eigenvalue weighted by molar-refractivity contribution is -0.125. The molecule has 2 N–H and O–H groups in total. The molecule has 1 saturated heterocycles. The predicted molar refractivity (Wildman–Crippen MR) is 139 cm³/mol. The van der Waals surface area contributed by atoms with Gasteiger partial charge >= 0.3 is 6.03 Å². The van der Waals surface area contributed by atoms with Crippen LogP contribution in [0.3, 0.4) is 0 Å². The molecule has 0 aliphatic carbocycles. The van der Waals surface area contributed by atoms with Crippen LogP contribution in [0.2, 0.25) is 0 Å². The average Bonchev–Trinajstić information content (AvgIpc) is 3.06. The summed E-state index contributed by atoms with van der Waals surface area (Å²) in [6.45, 7) is 9.38. The van der Waals surface area contributed by atoms with Crippen molar-refractivity contribution in [2.75, 3.05) is 26.1 Å². The topological polar surface area (TPSA) is 79.9 Å². The fourth-order valence-corrected chi connectivity index (χ4v) is 4.59. The molecule has 1 aliphatic rings. The maximum Gasteiger partial charge on any atom is 0.322 e. The van der Waals surface area contributed by atoms with E-state index in [1.54, 1.807) is 19.1 Å². The number of nitrogens with one attached hydrogen (secondary N) is 2. The van der Waals surface area contributed by atoms with Crippen LogP contribution in [0, 0.1) is 0 Å². The van der Waals surface area contributed by atoms with Crippen LogP contribution in [-0.2, 0) is 11.3 Å². The fraction of sp³-hybridized carbons (Fsp3) is 0.500. The first-order valence-electron chi connectivity index (χ1n) is 12.5. The highest BCUT2D eigenvalue weighted by Gasteiger charge is 2.32. The number of ether oxygens (including phenoxy) is 2. The first kappa shape index (κ1) is 26.4. The Hall–Kier alpha value is -3.22. The van der Waals surface area contributed by atoms with Gasteiger partial charge in [0.25, 0.3) is 0 Å². The molecule has 1 fully saturated rings. The largest absolute Gasteiger partial charge is 0.493 e. The number of para-hydroxylation sites is 1. The molecule has 1 unspecified atom stereocenters. The average molecular weight is 482 g/mol. The quantitative estimate of drug-likeness (QED) is 0.510. The highest BCUT2D eigenvalue weighted by atomic mass is 16.5. The lowest BCUT2D eigenvalue weighted by Gasteiger charge is -2.31. The molecular formula is C28H39N3O4. The predicted octanol–water partition coefficient (Wildman–Crippen LogP) is 5.65. The molecule has 1 heterocycles. The lowest BCUT2D eigenvalue weighted by Crippen LogP contribution is -2.49. The summed E-state index contributed by atoms with van der Waals surface area (Å²) < 4.78 is 10.8. The van der Waals surface area contributed by atoms with Gasteiger partial charge in [0.1, 0.15) is 6.04 Å². The Kier molecular flexibility index (Phi) is 9.01. The van der Waals surface area contributed by atoms with Crippen LogP contribution < -0.4 is 20.1 Å². The molecular weight excluding hydrogens is 442 g/mol. The van der Waals surface area contributed by atoms with E-state index in [4.69, 9.17) is 9.47 Å². The molecule has 7 nitrogen and oxygen atoms in total. The van der Waals surface area contributed by atoms with Crippen molar-refractivity contribution in [1.29, 1.82) is 0 Å². The van der Waals surface area contributed by atoms with Gasteiger partial charge in [-0.15, -0.1) is 0 Å². The summed E-state index contributed by atoms with van der Waals surface area (Å²) in [5.74, 6) is 1.57. The maximum atomic E-state index is 13.9. The van der Waals surface area contributed by atoms with Gasteiger partial charge in [0.15, 0.2) is 11.5 Å². The molecule has 190 valence electrons. The van der Waals surface area contributed by atoms with Gasteiger partial charge in [-0.1, -0.05) is 52.0 Å². The van der Waals surface area contributed by atoms with Crippen LogP contribution in [0.25, 0.3) is 0 Å². The number of amides is 3. The van der Waals surface area contributed by atoms with Gasteiger partial charge in [-0.05, 0) is 59.9 Å².